The second-order valence-corrected chi connectivity index (χ2v) is 6.07. The number of hydrogen-bond acceptors (Lipinski definition) is 3. The Kier molecular flexibility index (Phi) is 4.76. The number of nitrogens with zero attached hydrogens (tertiary/aromatic N) is 1. The highest BCUT2D eigenvalue weighted by atomic mass is 35.5. The van der Waals surface area contributed by atoms with E-state index in [0.29, 0.717) is 33.5 Å². The zero-order valence-electron chi connectivity index (χ0n) is 13.6. The lowest BCUT2D eigenvalue weighted by Gasteiger charge is -2.18. The number of carboxylic acids is 1. The van der Waals surface area contributed by atoms with Gasteiger partial charge in [0.1, 0.15) is 0 Å². The van der Waals surface area contributed by atoms with E-state index in [0.717, 1.165) is 11.1 Å². The number of fused-ring (bicyclic) bond motifs is 1. The van der Waals surface area contributed by atoms with Crippen molar-refractivity contribution in [2.75, 3.05) is 12.0 Å². The number of nitrogens with one attached hydrogen (secondary N) is 1. The molecule has 0 saturated heterocycles. The summed E-state index contributed by atoms with van der Waals surface area (Å²) in [4.78, 5) is 24.9. The summed E-state index contributed by atoms with van der Waals surface area (Å²) in [5.74, 6) is -1.18. The summed E-state index contributed by atoms with van der Waals surface area (Å²) in [5.41, 5.74) is 3.59. The fourth-order valence-corrected chi connectivity index (χ4v) is 3.02. The molecule has 3 rings (SSSR count). The molecular weight excluding hydrogens is 340 g/mol. The molecule has 0 bridgehead atoms. The van der Waals surface area contributed by atoms with Gasteiger partial charge in [-0.05, 0) is 35.6 Å². The van der Waals surface area contributed by atoms with Crippen LogP contribution in [-0.4, -0.2) is 22.3 Å². The first-order valence-corrected chi connectivity index (χ1v) is 8.33. The van der Waals surface area contributed by atoms with Gasteiger partial charge in [-0.15, -0.1) is 0 Å². The van der Waals surface area contributed by atoms with E-state index in [1.165, 1.54) is 0 Å². The minimum atomic E-state index is -1.18. The predicted molar refractivity (Wildman–Crippen MR) is 100 cm³/mol. The third kappa shape index (κ3) is 3.10. The van der Waals surface area contributed by atoms with Crippen LogP contribution >= 0.6 is 11.6 Å². The van der Waals surface area contributed by atoms with Crippen LogP contribution in [0.1, 0.15) is 23.8 Å². The minimum Gasteiger partial charge on any atom is -0.476 e. The lowest BCUT2D eigenvalue weighted by molar-refractivity contribution is 0.0686. The molecule has 0 aliphatic rings. The van der Waals surface area contributed by atoms with E-state index in [-0.39, 0.29) is 5.69 Å². The number of halogens is 1. The molecule has 0 fully saturated rings. The van der Waals surface area contributed by atoms with Crippen molar-refractivity contribution in [1.82, 2.24) is 4.68 Å². The Balaban J connectivity index is 2.50. The highest BCUT2D eigenvalue weighted by Crippen LogP contribution is 2.32. The molecule has 0 radical (unpaired) electrons. The average molecular weight is 357 g/mol. The maximum Gasteiger partial charge on any atom is 0.355 e. The van der Waals surface area contributed by atoms with E-state index in [1.54, 1.807) is 18.2 Å². The van der Waals surface area contributed by atoms with Crippen molar-refractivity contribution in [3.63, 3.8) is 0 Å². The lowest BCUT2D eigenvalue weighted by Crippen LogP contribution is -2.34. The Morgan fingerprint density at radius 3 is 2.52 bits per heavy atom. The number of aromatic nitrogens is 1. The molecule has 0 saturated carbocycles. The summed E-state index contributed by atoms with van der Waals surface area (Å²) < 4.78 is 1.13. The Labute approximate surface area is 149 Å². The quantitative estimate of drug-likeness (QED) is 0.725. The molecule has 1 aromatic heterocycles. The third-order valence-electron chi connectivity index (χ3n) is 3.93. The van der Waals surface area contributed by atoms with E-state index in [9.17, 15) is 14.7 Å². The maximum absolute atomic E-state index is 12.8. The molecule has 2 N–H and O–H groups in total. The summed E-state index contributed by atoms with van der Waals surface area (Å²) in [7, 11) is 0. The van der Waals surface area contributed by atoms with E-state index < -0.39 is 11.5 Å². The van der Waals surface area contributed by atoms with Gasteiger partial charge < -0.3 is 10.5 Å². The van der Waals surface area contributed by atoms with Crippen LogP contribution in [0.25, 0.3) is 21.9 Å². The minimum absolute atomic E-state index is 0.0978. The second kappa shape index (κ2) is 6.99. The number of pyridine rings is 1. The molecule has 6 heteroatoms. The SMILES string of the molecule is CCCNn1c(C(=O)O)c(-c2ccccc2)c2cc(Cl)ccc2c1=O. The van der Waals surface area contributed by atoms with Gasteiger partial charge in [0, 0.05) is 22.5 Å². The van der Waals surface area contributed by atoms with Crippen LogP contribution in [0.2, 0.25) is 5.02 Å². The average Bonchev–Trinajstić information content (AvgIpc) is 2.61. The summed E-state index contributed by atoms with van der Waals surface area (Å²) >= 11 is 6.11. The molecule has 0 atom stereocenters. The van der Waals surface area contributed by atoms with Crippen LogP contribution in [0.4, 0.5) is 0 Å². The van der Waals surface area contributed by atoms with E-state index in [2.05, 4.69) is 5.43 Å². The Bertz CT molecular complexity index is 997. The number of rotatable bonds is 5. The van der Waals surface area contributed by atoms with Crippen molar-refractivity contribution in [1.29, 1.82) is 0 Å². The highest BCUT2D eigenvalue weighted by molar-refractivity contribution is 6.31. The summed E-state index contributed by atoms with van der Waals surface area (Å²) in [6, 6.07) is 14.0. The number of benzene rings is 2. The number of aromatic carboxylic acids is 1. The highest BCUT2D eigenvalue weighted by Gasteiger charge is 2.23. The number of carboxylic acid groups (broad SMARTS) is 1. The van der Waals surface area contributed by atoms with Crippen LogP contribution in [0.15, 0.2) is 53.3 Å². The van der Waals surface area contributed by atoms with Crippen LogP contribution in [0.5, 0.6) is 0 Å². The van der Waals surface area contributed by atoms with Gasteiger partial charge >= 0.3 is 5.97 Å². The molecule has 0 spiro atoms. The van der Waals surface area contributed by atoms with Gasteiger partial charge in [-0.25, -0.2) is 9.47 Å². The summed E-state index contributed by atoms with van der Waals surface area (Å²) in [6.45, 7) is 2.42. The fraction of sp³-hybridized carbons (Fsp3) is 0.158. The second-order valence-electron chi connectivity index (χ2n) is 5.63. The summed E-state index contributed by atoms with van der Waals surface area (Å²) in [5, 5.41) is 11.2. The summed E-state index contributed by atoms with van der Waals surface area (Å²) in [6.07, 6.45) is 0.755. The standard InChI is InChI=1S/C19H17ClN2O3/c1-2-10-21-22-17(19(24)25)16(12-6-4-3-5-7-12)15-11-13(20)8-9-14(15)18(22)23/h3-9,11,21H,2,10H2,1H3,(H,24,25). The monoisotopic (exact) mass is 356 g/mol. The molecule has 2 aromatic carbocycles. The smallest absolute Gasteiger partial charge is 0.355 e. The van der Waals surface area contributed by atoms with Gasteiger partial charge in [0.25, 0.3) is 5.56 Å². The first kappa shape index (κ1) is 17.0. The van der Waals surface area contributed by atoms with Crippen molar-refractivity contribution < 1.29 is 9.90 Å². The largest absolute Gasteiger partial charge is 0.476 e. The van der Waals surface area contributed by atoms with Gasteiger partial charge in [0.15, 0.2) is 5.69 Å². The van der Waals surface area contributed by atoms with Crippen LogP contribution in [-0.2, 0) is 0 Å². The fourth-order valence-electron chi connectivity index (χ4n) is 2.85. The number of hydrogen-bond donors (Lipinski definition) is 2. The van der Waals surface area contributed by atoms with Crippen LogP contribution in [0, 0.1) is 0 Å². The Hall–Kier alpha value is -2.79. The molecular formula is C19H17ClN2O3. The zero-order valence-corrected chi connectivity index (χ0v) is 14.4. The Morgan fingerprint density at radius 1 is 1.16 bits per heavy atom. The van der Waals surface area contributed by atoms with Crippen molar-refractivity contribution in [3.8, 4) is 11.1 Å². The van der Waals surface area contributed by atoms with E-state index >= 15 is 0 Å². The molecule has 128 valence electrons. The van der Waals surface area contributed by atoms with E-state index in [4.69, 9.17) is 11.6 Å². The molecule has 0 aliphatic carbocycles. The van der Waals surface area contributed by atoms with Crippen molar-refractivity contribution in [3.05, 3.63) is 69.6 Å². The van der Waals surface area contributed by atoms with Crippen molar-refractivity contribution in [2.24, 2.45) is 0 Å². The lowest BCUT2D eigenvalue weighted by atomic mass is 9.97. The van der Waals surface area contributed by atoms with Crippen molar-refractivity contribution >= 4 is 28.3 Å². The molecule has 3 aromatic rings. The molecule has 1 heterocycles. The van der Waals surface area contributed by atoms with Crippen molar-refractivity contribution in [2.45, 2.75) is 13.3 Å². The third-order valence-corrected chi connectivity index (χ3v) is 4.16. The first-order valence-electron chi connectivity index (χ1n) is 7.95. The zero-order chi connectivity index (χ0) is 18.0. The Morgan fingerprint density at radius 2 is 1.88 bits per heavy atom. The number of carbonyl (C=O) groups is 1. The van der Waals surface area contributed by atoms with Gasteiger partial charge in [0.2, 0.25) is 0 Å². The molecule has 25 heavy (non-hydrogen) atoms. The molecule has 5 nitrogen and oxygen atoms in total. The van der Waals surface area contributed by atoms with Crippen LogP contribution in [0.3, 0.4) is 0 Å². The maximum atomic E-state index is 12.8. The molecule has 0 amide bonds. The van der Waals surface area contributed by atoms with Gasteiger partial charge in [-0.1, -0.05) is 48.9 Å². The van der Waals surface area contributed by atoms with E-state index in [1.807, 2.05) is 37.3 Å². The first-order chi connectivity index (χ1) is 12.0. The molecule has 0 unspecified atom stereocenters. The van der Waals surface area contributed by atoms with Gasteiger partial charge in [-0.3, -0.25) is 4.79 Å². The van der Waals surface area contributed by atoms with Gasteiger partial charge in [-0.2, -0.15) is 0 Å². The topological polar surface area (TPSA) is 71.3 Å². The van der Waals surface area contributed by atoms with Gasteiger partial charge in [0.05, 0.1) is 0 Å². The normalized spacial score (nSPS) is 10.8. The predicted octanol–water partition coefficient (Wildman–Crippen LogP) is 3.97. The van der Waals surface area contributed by atoms with Crippen LogP contribution < -0.4 is 11.0 Å². The molecule has 0 aliphatic heterocycles.